The summed E-state index contributed by atoms with van der Waals surface area (Å²) in [7, 11) is 1.59. The summed E-state index contributed by atoms with van der Waals surface area (Å²) in [5.74, 6) is 0. The van der Waals surface area contributed by atoms with Crippen LogP contribution in [0.15, 0.2) is 0 Å². The van der Waals surface area contributed by atoms with Crippen molar-refractivity contribution in [2.24, 2.45) is 0 Å². The Balaban J connectivity index is 3.81. The summed E-state index contributed by atoms with van der Waals surface area (Å²) >= 11 is 3.83. The molecule has 0 fully saturated rings. The molecular weight excluding hydrogens is 148 g/mol. The molecule has 0 atom stereocenters. The smallest absolute Gasteiger partial charge is 0.327 e. The Morgan fingerprint density at radius 1 is 1.50 bits per heavy atom. The summed E-state index contributed by atoms with van der Waals surface area (Å²) in [6.45, 7) is 5.76. The fraction of sp³-hybridized carbons (Fsp3) is 0.833. The van der Waals surface area contributed by atoms with Crippen molar-refractivity contribution in [3.63, 3.8) is 0 Å². The zero-order valence-corrected chi connectivity index (χ0v) is 7.70. The van der Waals surface area contributed by atoms with E-state index in [4.69, 9.17) is 0 Å². The van der Waals surface area contributed by atoms with E-state index in [0.29, 0.717) is 0 Å². The molecule has 0 aromatic rings. The molecule has 0 bridgehead atoms. The number of carbonyl (C=O) groups is 1. The fourth-order valence-electron chi connectivity index (χ4n) is 0.402. The third kappa shape index (κ3) is 4.49. The average Bonchev–Trinajstić information content (AvgIpc) is 1.60. The molecule has 0 spiro atoms. The number of urea groups is 1. The topological polar surface area (TPSA) is 32.3 Å². The van der Waals surface area contributed by atoms with E-state index < -0.39 is 0 Å². The Labute approximate surface area is 67.3 Å². The second kappa shape index (κ2) is 3.14. The van der Waals surface area contributed by atoms with E-state index in [1.54, 1.807) is 7.05 Å². The van der Waals surface area contributed by atoms with E-state index in [-0.39, 0.29) is 11.6 Å². The summed E-state index contributed by atoms with van der Waals surface area (Å²) < 4.78 is 1.21. The van der Waals surface area contributed by atoms with Gasteiger partial charge in [-0.2, -0.15) is 0 Å². The van der Waals surface area contributed by atoms with Crippen LogP contribution >= 0.6 is 12.8 Å². The van der Waals surface area contributed by atoms with Gasteiger partial charge in [-0.15, -0.1) is 0 Å². The first-order chi connectivity index (χ1) is 4.33. The lowest BCUT2D eigenvalue weighted by Crippen LogP contribution is -2.44. The fourth-order valence-corrected chi connectivity index (χ4v) is 0.452. The lowest BCUT2D eigenvalue weighted by molar-refractivity contribution is 0.221. The van der Waals surface area contributed by atoms with Crippen molar-refractivity contribution in [1.82, 2.24) is 9.62 Å². The van der Waals surface area contributed by atoms with E-state index in [1.807, 2.05) is 20.8 Å². The van der Waals surface area contributed by atoms with Crippen LogP contribution in [0, 0.1) is 0 Å². The van der Waals surface area contributed by atoms with Gasteiger partial charge in [-0.1, -0.05) is 12.8 Å². The highest BCUT2D eigenvalue weighted by molar-refractivity contribution is 7.78. The maximum atomic E-state index is 10.9. The van der Waals surface area contributed by atoms with E-state index in [1.165, 1.54) is 4.31 Å². The van der Waals surface area contributed by atoms with Crippen LogP contribution in [0.3, 0.4) is 0 Å². The van der Waals surface area contributed by atoms with Crippen LogP contribution in [0.2, 0.25) is 0 Å². The highest BCUT2D eigenvalue weighted by atomic mass is 32.1. The van der Waals surface area contributed by atoms with Gasteiger partial charge in [-0.05, 0) is 20.8 Å². The van der Waals surface area contributed by atoms with Gasteiger partial charge in [-0.3, -0.25) is 4.31 Å². The number of amides is 2. The Morgan fingerprint density at radius 2 is 1.90 bits per heavy atom. The third-order valence-electron chi connectivity index (χ3n) is 0.776. The van der Waals surface area contributed by atoms with Crippen LogP contribution in [-0.4, -0.2) is 22.9 Å². The summed E-state index contributed by atoms with van der Waals surface area (Å²) in [5, 5.41) is 2.73. The van der Waals surface area contributed by atoms with Gasteiger partial charge in [0.05, 0.1) is 0 Å². The van der Waals surface area contributed by atoms with Crippen LogP contribution < -0.4 is 5.32 Å². The lowest BCUT2D eigenvalue weighted by Gasteiger charge is -2.22. The van der Waals surface area contributed by atoms with Gasteiger partial charge >= 0.3 is 6.03 Å². The molecule has 0 aliphatic heterocycles. The highest BCUT2D eigenvalue weighted by Gasteiger charge is 2.14. The molecule has 0 aliphatic carbocycles. The minimum atomic E-state index is -0.186. The maximum Gasteiger partial charge on any atom is 0.327 e. The Hall–Kier alpha value is -0.380. The second-order valence-electron chi connectivity index (χ2n) is 3.20. The van der Waals surface area contributed by atoms with E-state index in [2.05, 4.69) is 18.1 Å². The van der Waals surface area contributed by atoms with Crippen LogP contribution in [-0.2, 0) is 0 Å². The standard InChI is InChI=1S/C6H14N2OS/c1-6(2,3)7-5(9)8(4)10/h10H,1-4H3,(H,7,9). The number of hydrogen-bond acceptors (Lipinski definition) is 2. The number of rotatable bonds is 0. The van der Waals surface area contributed by atoms with Crippen molar-refractivity contribution < 1.29 is 4.79 Å². The lowest BCUT2D eigenvalue weighted by atomic mass is 10.1. The molecule has 0 aromatic carbocycles. The molecule has 0 rings (SSSR count). The van der Waals surface area contributed by atoms with Gasteiger partial charge in [0.15, 0.2) is 0 Å². The van der Waals surface area contributed by atoms with Crippen LogP contribution in [0.4, 0.5) is 4.79 Å². The molecule has 3 nitrogen and oxygen atoms in total. The van der Waals surface area contributed by atoms with Crippen LogP contribution in [0.25, 0.3) is 0 Å². The molecular formula is C6H14N2OS. The Kier molecular flexibility index (Phi) is 3.02. The second-order valence-corrected chi connectivity index (χ2v) is 3.80. The van der Waals surface area contributed by atoms with Crippen molar-refractivity contribution in [2.45, 2.75) is 26.3 Å². The molecule has 0 unspecified atom stereocenters. The largest absolute Gasteiger partial charge is 0.333 e. The van der Waals surface area contributed by atoms with Crippen molar-refractivity contribution in [1.29, 1.82) is 0 Å². The number of carbonyl (C=O) groups excluding carboxylic acids is 1. The number of thiol groups is 1. The van der Waals surface area contributed by atoms with Gasteiger partial charge in [0, 0.05) is 12.6 Å². The van der Waals surface area contributed by atoms with Crippen LogP contribution in [0.1, 0.15) is 20.8 Å². The molecule has 4 heteroatoms. The number of nitrogens with zero attached hydrogens (tertiary/aromatic N) is 1. The zero-order chi connectivity index (χ0) is 8.36. The molecule has 2 amide bonds. The van der Waals surface area contributed by atoms with Gasteiger partial charge in [-0.25, -0.2) is 4.79 Å². The van der Waals surface area contributed by atoms with Crippen LogP contribution in [0.5, 0.6) is 0 Å². The molecule has 60 valence electrons. The first kappa shape index (κ1) is 9.62. The van der Waals surface area contributed by atoms with Gasteiger partial charge in [0.1, 0.15) is 0 Å². The van der Waals surface area contributed by atoms with Crippen molar-refractivity contribution in [3.8, 4) is 0 Å². The third-order valence-corrected chi connectivity index (χ3v) is 0.957. The molecule has 0 saturated heterocycles. The molecule has 0 radical (unpaired) electrons. The predicted octanol–water partition coefficient (Wildman–Crippen LogP) is 1.27. The summed E-state index contributed by atoms with van der Waals surface area (Å²) in [4.78, 5) is 10.9. The van der Waals surface area contributed by atoms with Gasteiger partial charge in [0.2, 0.25) is 0 Å². The SMILES string of the molecule is CN(S)C(=O)NC(C)(C)C. The first-order valence-corrected chi connectivity index (χ1v) is 3.47. The quantitative estimate of drug-likeness (QED) is 0.517. The normalized spacial score (nSPS) is 10.9. The molecule has 0 aromatic heterocycles. The van der Waals surface area contributed by atoms with E-state index in [0.717, 1.165) is 0 Å². The molecule has 0 saturated carbocycles. The Bertz CT molecular complexity index is 128. The number of nitrogens with one attached hydrogen (secondary N) is 1. The average molecular weight is 162 g/mol. The number of hydrogen-bond donors (Lipinski definition) is 2. The summed E-state index contributed by atoms with van der Waals surface area (Å²) in [6, 6.07) is -0.184. The molecule has 0 heterocycles. The van der Waals surface area contributed by atoms with E-state index >= 15 is 0 Å². The van der Waals surface area contributed by atoms with Crippen molar-refractivity contribution >= 4 is 18.8 Å². The molecule has 10 heavy (non-hydrogen) atoms. The molecule has 0 aliphatic rings. The maximum absolute atomic E-state index is 10.9. The zero-order valence-electron chi connectivity index (χ0n) is 6.80. The van der Waals surface area contributed by atoms with Crippen molar-refractivity contribution in [2.75, 3.05) is 7.05 Å². The van der Waals surface area contributed by atoms with Gasteiger partial charge in [0.25, 0.3) is 0 Å². The monoisotopic (exact) mass is 162 g/mol. The molecule has 1 N–H and O–H groups in total. The predicted molar refractivity (Wildman–Crippen MR) is 45.0 cm³/mol. The highest BCUT2D eigenvalue weighted by Crippen LogP contribution is 2.00. The van der Waals surface area contributed by atoms with Gasteiger partial charge < -0.3 is 5.32 Å². The van der Waals surface area contributed by atoms with E-state index in [9.17, 15) is 4.79 Å². The minimum Gasteiger partial charge on any atom is -0.333 e. The van der Waals surface area contributed by atoms with Crippen molar-refractivity contribution in [3.05, 3.63) is 0 Å². The minimum absolute atomic E-state index is 0.184. The summed E-state index contributed by atoms with van der Waals surface area (Å²) in [5.41, 5.74) is -0.186. The first-order valence-electron chi connectivity index (χ1n) is 3.07. The Morgan fingerprint density at radius 3 is 2.00 bits per heavy atom. The summed E-state index contributed by atoms with van der Waals surface area (Å²) in [6.07, 6.45) is 0.